The number of nitrogens with two attached hydrogens (primary N) is 1. The van der Waals surface area contributed by atoms with Crippen molar-refractivity contribution in [3.8, 4) is 0 Å². The number of aromatic nitrogens is 4. The summed E-state index contributed by atoms with van der Waals surface area (Å²) in [6.07, 6.45) is 1.70. The van der Waals surface area contributed by atoms with E-state index < -0.39 is 0 Å². The normalized spacial score (nSPS) is 10.9. The van der Waals surface area contributed by atoms with Crippen molar-refractivity contribution in [2.45, 2.75) is 6.54 Å². The maximum absolute atomic E-state index is 5.89. The Balaban J connectivity index is 1.93. The molecular weight excluding hydrogens is 276 g/mol. The van der Waals surface area contributed by atoms with Gasteiger partial charge < -0.3 is 10.6 Å². The summed E-state index contributed by atoms with van der Waals surface area (Å²) in [5.41, 5.74) is 7.49. The summed E-state index contributed by atoms with van der Waals surface area (Å²) >= 11 is 5.89. The minimum absolute atomic E-state index is 0.222. The molecule has 3 aromatic rings. The predicted molar refractivity (Wildman–Crippen MR) is 79.7 cm³/mol. The van der Waals surface area contributed by atoms with Crippen molar-refractivity contribution >= 4 is 34.4 Å². The monoisotopic (exact) mass is 288 g/mol. The number of anilines is 2. The van der Waals surface area contributed by atoms with Gasteiger partial charge in [0.15, 0.2) is 5.65 Å². The molecule has 3 N–H and O–H groups in total. The van der Waals surface area contributed by atoms with E-state index in [-0.39, 0.29) is 5.95 Å². The van der Waals surface area contributed by atoms with Crippen LogP contribution in [0, 0.1) is 0 Å². The number of rotatable bonds is 3. The van der Waals surface area contributed by atoms with Crippen LogP contribution in [0.2, 0.25) is 5.02 Å². The fourth-order valence-electron chi connectivity index (χ4n) is 2.07. The Morgan fingerprint density at radius 1 is 1.25 bits per heavy atom. The lowest BCUT2D eigenvalue weighted by atomic mass is 10.2. The molecule has 0 saturated carbocycles. The van der Waals surface area contributed by atoms with Gasteiger partial charge in [-0.1, -0.05) is 23.7 Å². The average Bonchev–Trinajstić information content (AvgIpc) is 2.88. The van der Waals surface area contributed by atoms with E-state index in [2.05, 4.69) is 20.2 Å². The number of hydrogen-bond acceptors (Lipinski definition) is 5. The van der Waals surface area contributed by atoms with Crippen molar-refractivity contribution < 1.29 is 0 Å². The van der Waals surface area contributed by atoms with E-state index in [0.29, 0.717) is 12.2 Å². The lowest BCUT2D eigenvalue weighted by Gasteiger charge is -2.19. The number of H-pyrrole nitrogens is 1. The first-order chi connectivity index (χ1) is 9.63. The van der Waals surface area contributed by atoms with Gasteiger partial charge >= 0.3 is 0 Å². The highest BCUT2D eigenvalue weighted by atomic mass is 35.5. The molecule has 0 bridgehead atoms. The molecule has 0 aliphatic carbocycles. The lowest BCUT2D eigenvalue weighted by molar-refractivity contribution is 0.902. The highest BCUT2D eigenvalue weighted by molar-refractivity contribution is 6.30. The van der Waals surface area contributed by atoms with Crippen LogP contribution in [0.1, 0.15) is 5.56 Å². The first-order valence-corrected chi connectivity index (χ1v) is 6.43. The van der Waals surface area contributed by atoms with Crippen LogP contribution < -0.4 is 10.6 Å². The first kappa shape index (κ1) is 12.7. The van der Waals surface area contributed by atoms with Crippen LogP contribution >= 0.6 is 11.6 Å². The molecule has 0 fully saturated rings. The molecule has 20 heavy (non-hydrogen) atoms. The van der Waals surface area contributed by atoms with E-state index in [1.165, 1.54) is 0 Å². The zero-order valence-electron chi connectivity index (χ0n) is 10.8. The van der Waals surface area contributed by atoms with E-state index in [1.54, 1.807) is 6.20 Å². The maximum Gasteiger partial charge on any atom is 0.224 e. The zero-order chi connectivity index (χ0) is 14.1. The quantitative estimate of drug-likeness (QED) is 0.772. The number of nitrogens with one attached hydrogen (secondary N) is 1. The van der Waals surface area contributed by atoms with Gasteiger partial charge in [0.05, 0.1) is 11.6 Å². The smallest absolute Gasteiger partial charge is 0.224 e. The predicted octanol–water partition coefficient (Wildman–Crippen LogP) is 2.22. The minimum atomic E-state index is 0.222. The average molecular weight is 289 g/mol. The summed E-state index contributed by atoms with van der Waals surface area (Å²) in [6, 6.07) is 7.70. The van der Waals surface area contributed by atoms with Crippen LogP contribution in [-0.4, -0.2) is 27.2 Å². The molecule has 3 rings (SSSR count). The Bertz CT molecular complexity index is 736. The molecule has 1 aromatic carbocycles. The number of fused-ring (bicyclic) bond motifs is 1. The molecule has 6 nitrogen and oxygen atoms in total. The second-order valence-corrected chi connectivity index (χ2v) is 4.96. The Morgan fingerprint density at radius 2 is 2.00 bits per heavy atom. The number of halogens is 1. The SMILES string of the molecule is CN(Cc1ccc(Cl)cc1)c1nc(N)nc2[nH]ncc12. The van der Waals surface area contributed by atoms with Gasteiger partial charge in [-0.3, -0.25) is 5.10 Å². The molecule has 2 aromatic heterocycles. The van der Waals surface area contributed by atoms with Gasteiger partial charge in [-0.15, -0.1) is 0 Å². The van der Waals surface area contributed by atoms with Crippen LogP contribution in [-0.2, 0) is 6.54 Å². The summed E-state index contributed by atoms with van der Waals surface area (Å²) in [6.45, 7) is 0.688. The zero-order valence-corrected chi connectivity index (χ0v) is 11.6. The van der Waals surface area contributed by atoms with Gasteiger partial charge in [0.2, 0.25) is 5.95 Å². The molecule has 0 amide bonds. The summed E-state index contributed by atoms with van der Waals surface area (Å²) < 4.78 is 0. The topological polar surface area (TPSA) is 83.7 Å². The fraction of sp³-hybridized carbons (Fsp3) is 0.154. The summed E-state index contributed by atoms with van der Waals surface area (Å²) in [4.78, 5) is 10.4. The van der Waals surface area contributed by atoms with Gasteiger partial charge in [-0.05, 0) is 17.7 Å². The van der Waals surface area contributed by atoms with Gasteiger partial charge in [-0.2, -0.15) is 15.1 Å². The summed E-state index contributed by atoms with van der Waals surface area (Å²) in [5.74, 6) is 0.968. The van der Waals surface area contributed by atoms with Crippen LogP contribution in [0.4, 0.5) is 11.8 Å². The summed E-state index contributed by atoms with van der Waals surface area (Å²) in [5, 5.41) is 8.34. The highest BCUT2D eigenvalue weighted by Gasteiger charge is 2.12. The van der Waals surface area contributed by atoms with Gasteiger partial charge in [0, 0.05) is 18.6 Å². The number of nitrogens with zero attached hydrogens (tertiary/aromatic N) is 4. The van der Waals surface area contributed by atoms with E-state index >= 15 is 0 Å². The van der Waals surface area contributed by atoms with Crippen LogP contribution in [0.3, 0.4) is 0 Å². The molecule has 0 radical (unpaired) electrons. The van der Waals surface area contributed by atoms with Crippen molar-refractivity contribution in [1.29, 1.82) is 0 Å². The van der Waals surface area contributed by atoms with Gasteiger partial charge in [0.25, 0.3) is 0 Å². The molecule has 0 atom stereocenters. The van der Waals surface area contributed by atoms with Crippen LogP contribution in [0.5, 0.6) is 0 Å². The molecular formula is C13H13ClN6. The Kier molecular flexibility index (Phi) is 3.15. The van der Waals surface area contributed by atoms with Crippen molar-refractivity contribution in [1.82, 2.24) is 20.2 Å². The molecule has 0 saturated heterocycles. The van der Waals surface area contributed by atoms with Crippen molar-refractivity contribution in [3.05, 3.63) is 41.0 Å². The van der Waals surface area contributed by atoms with Gasteiger partial charge in [-0.25, -0.2) is 0 Å². The molecule has 0 aliphatic rings. The second-order valence-electron chi connectivity index (χ2n) is 4.52. The maximum atomic E-state index is 5.89. The van der Waals surface area contributed by atoms with Crippen molar-refractivity contribution in [2.75, 3.05) is 17.7 Å². The van der Waals surface area contributed by atoms with Crippen LogP contribution in [0.15, 0.2) is 30.5 Å². The number of hydrogen-bond donors (Lipinski definition) is 2. The number of aromatic amines is 1. The van der Waals surface area contributed by atoms with Crippen LogP contribution in [0.25, 0.3) is 11.0 Å². The highest BCUT2D eigenvalue weighted by Crippen LogP contribution is 2.23. The Hall–Kier alpha value is -2.34. The molecule has 0 aliphatic heterocycles. The third-order valence-corrected chi connectivity index (χ3v) is 3.25. The van der Waals surface area contributed by atoms with E-state index in [4.69, 9.17) is 17.3 Å². The largest absolute Gasteiger partial charge is 0.368 e. The summed E-state index contributed by atoms with van der Waals surface area (Å²) in [7, 11) is 1.95. The molecule has 7 heteroatoms. The van der Waals surface area contributed by atoms with E-state index in [1.807, 2.05) is 36.2 Å². The lowest BCUT2D eigenvalue weighted by Crippen LogP contribution is -2.18. The van der Waals surface area contributed by atoms with E-state index in [0.717, 1.165) is 21.8 Å². The second kappa shape index (κ2) is 4.97. The molecule has 0 spiro atoms. The number of benzene rings is 1. The third-order valence-electron chi connectivity index (χ3n) is 3.00. The minimum Gasteiger partial charge on any atom is -0.368 e. The van der Waals surface area contributed by atoms with Crippen molar-refractivity contribution in [2.24, 2.45) is 0 Å². The van der Waals surface area contributed by atoms with Gasteiger partial charge in [0.1, 0.15) is 5.82 Å². The van der Waals surface area contributed by atoms with E-state index in [9.17, 15) is 0 Å². The Labute approximate surface area is 120 Å². The van der Waals surface area contributed by atoms with Crippen molar-refractivity contribution in [3.63, 3.8) is 0 Å². The molecule has 102 valence electrons. The first-order valence-electron chi connectivity index (χ1n) is 6.05. The number of nitrogen functional groups attached to an aromatic ring is 1. The Morgan fingerprint density at radius 3 is 2.75 bits per heavy atom. The third kappa shape index (κ3) is 2.37. The molecule has 2 heterocycles. The standard InChI is InChI=1S/C13H13ClN6/c1-20(7-8-2-4-9(14)5-3-8)12-10-6-16-19-11(10)17-13(15)18-12/h2-6H,7H2,1H3,(H3,15,16,17,18,19). The molecule has 0 unspecified atom stereocenters. The fourth-order valence-corrected chi connectivity index (χ4v) is 2.19.